The lowest BCUT2D eigenvalue weighted by atomic mass is 10.0. The highest BCUT2D eigenvalue weighted by atomic mass is 15.0. The smallest absolute Gasteiger partial charge is 0.0783 e. The van der Waals surface area contributed by atoms with Gasteiger partial charge in [-0.25, -0.2) is 0 Å². The van der Waals surface area contributed by atoms with Gasteiger partial charge in [0.2, 0.25) is 0 Å². The summed E-state index contributed by atoms with van der Waals surface area (Å²) in [6, 6.07) is 46.5. The number of aromatic amines is 1. The topological polar surface area (TPSA) is 20.7 Å². The van der Waals surface area contributed by atoms with E-state index in [1.807, 2.05) is 6.92 Å². The van der Waals surface area contributed by atoms with Crippen molar-refractivity contribution in [2.45, 2.75) is 6.92 Å². The van der Waals surface area contributed by atoms with Gasteiger partial charge in [-0.2, -0.15) is 0 Å². The van der Waals surface area contributed by atoms with Gasteiger partial charge < -0.3 is 9.55 Å². The molecule has 2 aromatic heterocycles. The molecule has 2 nitrogen and oxygen atoms in total. The minimum atomic E-state index is 1.17. The van der Waals surface area contributed by atoms with Gasteiger partial charge in [-0.1, -0.05) is 109 Å². The Morgan fingerprint density at radius 2 is 1.15 bits per heavy atom. The first-order chi connectivity index (χ1) is 20.3. The number of nitrogens with one attached hydrogen (secondary N) is 1. The van der Waals surface area contributed by atoms with Gasteiger partial charge in [0.1, 0.15) is 0 Å². The first kappa shape index (κ1) is 23.5. The predicted molar refractivity (Wildman–Crippen MR) is 179 cm³/mol. The van der Waals surface area contributed by atoms with Gasteiger partial charge in [-0.15, -0.1) is 6.58 Å². The summed E-state index contributed by atoms with van der Waals surface area (Å²) in [6.07, 6.45) is 1.75. The van der Waals surface area contributed by atoms with Gasteiger partial charge in [-0.05, 0) is 63.5 Å². The van der Waals surface area contributed by atoms with E-state index in [0.717, 1.165) is 0 Å². The number of aromatic nitrogens is 2. The summed E-state index contributed by atoms with van der Waals surface area (Å²) in [5.41, 5.74) is 5.98. The van der Waals surface area contributed by atoms with Crippen molar-refractivity contribution >= 4 is 75.9 Å². The molecule has 0 saturated carbocycles. The zero-order valence-corrected chi connectivity index (χ0v) is 22.9. The lowest BCUT2D eigenvalue weighted by Crippen LogP contribution is -1.94. The van der Waals surface area contributed by atoms with Gasteiger partial charge in [0.25, 0.3) is 0 Å². The molecule has 0 aliphatic heterocycles. The van der Waals surface area contributed by atoms with Crippen LogP contribution in [0.5, 0.6) is 0 Å². The minimum Gasteiger partial charge on any atom is -0.353 e. The predicted octanol–water partition coefficient (Wildman–Crippen LogP) is 11.1. The zero-order valence-electron chi connectivity index (χ0n) is 22.9. The molecule has 0 aliphatic rings. The number of hydrogen-bond donors (Lipinski definition) is 1. The summed E-state index contributed by atoms with van der Waals surface area (Å²) in [5.74, 6) is 0. The average molecular weight is 525 g/mol. The molecule has 0 aliphatic carbocycles. The van der Waals surface area contributed by atoms with Gasteiger partial charge in [-0.3, -0.25) is 0 Å². The van der Waals surface area contributed by atoms with E-state index in [2.05, 4.69) is 144 Å². The van der Waals surface area contributed by atoms with E-state index in [-0.39, 0.29) is 0 Å². The van der Waals surface area contributed by atoms with Crippen molar-refractivity contribution in [2.75, 3.05) is 0 Å². The van der Waals surface area contributed by atoms with Gasteiger partial charge in [0.15, 0.2) is 0 Å². The molecule has 9 rings (SSSR count). The molecule has 0 fully saturated rings. The van der Waals surface area contributed by atoms with E-state index < -0.39 is 0 Å². The van der Waals surface area contributed by atoms with Crippen LogP contribution in [-0.2, 0) is 0 Å². The molecule has 9 aromatic rings. The van der Waals surface area contributed by atoms with E-state index in [4.69, 9.17) is 0 Å². The van der Waals surface area contributed by atoms with E-state index in [1.54, 1.807) is 6.08 Å². The summed E-state index contributed by atoms with van der Waals surface area (Å²) in [7, 11) is 0. The number of nitrogens with zero attached hydrogens (tertiary/aromatic N) is 1. The van der Waals surface area contributed by atoms with E-state index in [1.165, 1.54) is 81.6 Å². The number of hydrogen-bond acceptors (Lipinski definition) is 0. The molecule has 0 radical (unpaired) electrons. The number of rotatable bonds is 1. The van der Waals surface area contributed by atoms with Crippen LogP contribution in [0.25, 0.3) is 81.6 Å². The Labute approximate surface area is 237 Å². The highest BCUT2D eigenvalue weighted by Gasteiger charge is 2.20. The standard InChI is InChI=1S/C36H22N2.C3H6/c1-2-10-25-21-26(16-13-22(25)7-1)38-32-20-15-24-9-4-6-12-28(24)34(32)30-18-17-29-33-27-11-5-3-8-23(27)14-19-31(33)37-35(29)36(30)38;1-3-2/h1-21,37H;3H,1H2,2H3. The van der Waals surface area contributed by atoms with Gasteiger partial charge in [0, 0.05) is 32.7 Å². The molecule has 0 unspecified atom stereocenters. The Balaban J connectivity index is 0.000000821. The van der Waals surface area contributed by atoms with Crippen LogP contribution in [0.4, 0.5) is 0 Å². The molecule has 2 heteroatoms. The quantitative estimate of drug-likeness (QED) is 0.206. The van der Waals surface area contributed by atoms with Crippen molar-refractivity contribution in [1.29, 1.82) is 0 Å². The van der Waals surface area contributed by atoms with Crippen molar-refractivity contribution in [1.82, 2.24) is 9.55 Å². The summed E-state index contributed by atoms with van der Waals surface area (Å²) in [6.45, 7) is 5.25. The number of fused-ring (bicyclic) bond motifs is 12. The second-order valence-electron chi connectivity index (χ2n) is 10.7. The Kier molecular flexibility index (Phi) is 5.23. The normalized spacial score (nSPS) is 11.6. The van der Waals surface area contributed by atoms with Crippen LogP contribution in [0.15, 0.2) is 140 Å². The average Bonchev–Trinajstić information content (AvgIpc) is 3.57. The molecule has 0 atom stereocenters. The monoisotopic (exact) mass is 524 g/mol. The molecule has 0 saturated heterocycles. The Morgan fingerprint density at radius 1 is 0.561 bits per heavy atom. The van der Waals surface area contributed by atoms with Crippen molar-refractivity contribution in [3.63, 3.8) is 0 Å². The summed E-state index contributed by atoms with van der Waals surface area (Å²) in [4.78, 5) is 3.85. The third-order valence-corrected chi connectivity index (χ3v) is 8.27. The maximum atomic E-state index is 3.85. The summed E-state index contributed by atoms with van der Waals surface area (Å²) >= 11 is 0. The van der Waals surface area contributed by atoms with Crippen LogP contribution in [-0.4, -0.2) is 9.55 Å². The second kappa shape index (κ2) is 9.11. The molecule has 2 heterocycles. The van der Waals surface area contributed by atoms with E-state index >= 15 is 0 Å². The minimum absolute atomic E-state index is 1.17. The van der Waals surface area contributed by atoms with Crippen molar-refractivity contribution in [3.8, 4) is 5.69 Å². The maximum absolute atomic E-state index is 3.85. The molecule has 0 bridgehead atoms. The van der Waals surface area contributed by atoms with Crippen LogP contribution in [0.1, 0.15) is 6.92 Å². The van der Waals surface area contributed by atoms with Crippen molar-refractivity contribution < 1.29 is 0 Å². The molecule has 194 valence electrons. The first-order valence-electron chi connectivity index (χ1n) is 14.1. The molecular weight excluding hydrogens is 496 g/mol. The highest BCUT2D eigenvalue weighted by molar-refractivity contribution is 6.30. The number of H-pyrrole nitrogens is 1. The first-order valence-corrected chi connectivity index (χ1v) is 14.1. The number of benzene rings is 7. The fourth-order valence-electron chi connectivity index (χ4n) is 6.59. The fourth-order valence-corrected chi connectivity index (χ4v) is 6.59. The van der Waals surface area contributed by atoms with Gasteiger partial charge in [0.05, 0.1) is 16.6 Å². The third-order valence-electron chi connectivity index (χ3n) is 8.27. The molecule has 0 spiro atoms. The fraction of sp³-hybridized carbons (Fsp3) is 0.0256. The Hall–Kier alpha value is -5.34. The molecular formula is C39H28N2. The van der Waals surface area contributed by atoms with E-state index in [0.29, 0.717) is 0 Å². The molecule has 1 N–H and O–H groups in total. The maximum Gasteiger partial charge on any atom is 0.0783 e. The number of allylic oxidation sites excluding steroid dienone is 1. The van der Waals surface area contributed by atoms with E-state index in [9.17, 15) is 0 Å². The van der Waals surface area contributed by atoms with Gasteiger partial charge >= 0.3 is 0 Å². The van der Waals surface area contributed by atoms with Crippen molar-refractivity contribution in [2.24, 2.45) is 0 Å². The third kappa shape index (κ3) is 3.44. The molecule has 7 aromatic carbocycles. The highest BCUT2D eigenvalue weighted by Crippen LogP contribution is 2.42. The second-order valence-corrected chi connectivity index (χ2v) is 10.7. The molecule has 0 amide bonds. The van der Waals surface area contributed by atoms with Crippen LogP contribution in [0, 0.1) is 0 Å². The Bertz CT molecular complexity index is 2450. The SMILES string of the molecule is C=CC.c1ccc2cc(-n3c4ccc5ccccc5c4c4ccc5c([nH]c6ccc7ccccc7c65)c43)ccc2c1. The van der Waals surface area contributed by atoms with Crippen LogP contribution >= 0.6 is 0 Å². The lowest BCUT2D eigenvalue weighted by Gasteiger charge is -2.10. The van der Waals surface area contributed by atoms with Crippen LogP contribution in [0.3, 0.4) is 0 Å². The zero-order chi connectivity index (χ0) is 27.5. The lowest BCUT2D eigenvalue weighted by molar-refractivity contribution is 1.19. The summed E-state index contributed by atoms with van der Waals surface area (Å²) in [5, 5.41) is 12.7. The largest absolute Gasteiger partial charge is 0.353 e. The van der Waals surface area contributed by atoms with Crippen LogP contribution < -0.4 is 0 Å². The van der Waals surface area contributed by atoms with Crippen molar-refractivity contribution in [3.05, 3.63) is 140 Å². The molecule has 41 heavy (non-hydrogen) atoms. The Morgan fingerprint density at radius 3 is 1.90 bits per heavy atom. The summed E-state index contributed by atoms with van der Waals surface area (Å²) < 4.78 is 2.46. The van der Waals surface area contributed by atoms with Crippen LogP contribution in [0.2, 0.25) is 0 Å².